The second-order valence-electron chi connectivity index (χ2n) is 6.62. The number of nitrogens with one attached hydrogen (secondary N) is 3. The summed E-state index contributed by atoms with van der Waals surface area (Å²) in [6, 6.07) is 13.6. The van der Waals surface area contributed by atoms with Gasteiger partial charge < -0.3 is 10.6 Å². The van der Waals surface area contributed by atoms with Crippen molar-refractivity contribution in [3.05, 3.63) is 53.9 Å². The van der Waals surface area contributed by atoms with Gasteiger partial charge in [-0.05, 0) is 31.9 Å². The summed E-state index contributed by atoms with van der Waals surface area (Å²) in [6.07, 6.45) is 2.88. The minimum absolute atomic E-state index is 0.415. The number of hydrogen-bond acceptors (Lipinski definition) is 3. The molecule has 2 unspecified atom stereocenters. The number of hydrogen-bond donors (Lipinski definition) is 3. The van der Waals surface area contributed by atoms with Gasteiger partial charge in [0, 0.05) is 37.9 Å². The van der Waals surface area contributed by atoms with Crippen LogP contribution in [0.5, 0.6) is 0 Å². The molecule has 6 heteroatoms. The van der Waals surface area contributed by atoms with Crippen LogP contribution in [0.4, 0.5) is 0 Å². The summed E-state index contributed by atoms with van der Waals surface area (Å²) in [6.45, 7) is 7.88. The van der Waals surface area contributed by atoms with Crippen molar-refractivity contribution in [2.45, 2.75) is 45.4 Å². The molecule has 0 amide bonds. The maximum Gasteiger partial charge on any atom is 0.191 e. The minimum Gasteiger partial charge on any atom is -0.357 e. The van der Waals surface area contributed by atoms with Gasteiger partial charge in [-0.2, -0.15) is 5.10 Å². The average molecular weight is 340 g/mol. The highest BCUT2D eigenvalue weighted by Crippen LogP contribution is 2.20. The van der Waals surface area contributed by atoms with E-state index in [2.05, 4.69) is 74.9 Å². The van der Waals surface area contributed by atoms with Gasteiger partial charge in [-0.1, -0.05) is 30.3 Å². The van der Waals surface area contributed by atoms with Crippen molar-refractivity contribution < 1.29 is 0 Å². The summed E-state index contributed by atoms with van der Waals surface area (Å²) >= 11 is 0. The van der Waals surface area contributed by atoms with Crippen LogP contribution in [-0.2, 0) is 13.1 Å². The standard InChI is InChI=1S/C19H28N6/c1-3-20-19(21-12-17-9-10-22-24-17)23-18-11-15(2)25(14-18)13-16-7-5-4-6-8-16/h4-10,15,18H,3,11-14H2,1-2H3,(H,22,24)(H2,20,21,23). The molecule has 0 saturated carbocycles. The van der Waals surface area contributed by atoms with Crippen LogP contribution in [0.25, 0.3) is 0 Å². The van der Waals surface area contributed by atoms with Crippen LogP contribution in [0.1, 0.15) is 31.5 Å². The summed E-state index contributed by atoms with van der Waals surface area (Å²) in [5.74, 6) is 0.871. The first kappa shape index (κ1) is 17.5. The van der Waals surface area contributed by atoms with Crippen molar-refractivity contribution >= 4 is 5.96 Å². The normalized spacial score (nSPS) is 21.4. The molecule has 1 aliphatic heterocycles. The fourth-order valence-corrected chi connectivity index (χ4v) is 3.29. The molecule has 0 spiro atoms. The predicted octanol–water partition coefficient (Wildman–Crippen LogP) is 2.13. The maximum atomic E-state index is 4.66. The summed E-state index contributed by atoms with van der Waals surface area (Å²) in [5.41, 5.74) is 2.39. The highest BCUT2D eigenvalue weighted by Gasteiger charge is 2.29. The van der Waals surface area contributed by atoms with Crippen LogP contribution >= 0.6 is 0 Å². The third kappa shape index (κ3) is 5.06. The zero-order valence-electron chi connectivity index (χ0n) is 15.1. The lowest BCUT2D eigenvalue weighted by Gasteiger charge is -2.21. The molecule has 2 heterocycles. The number of aliphatic imine (C=N–C) groups is 1. The van der Waals surface area contributed by atoms with Gasteiger partial charge in [-0.15, -0.1) is 0 Å². The van der Waals surface area contributed by atoms with E-state index in [1.54, 1.807) is 6.20 Å². The lowest BCUT2D eigenvalue weighted by molar-refractivity contribution is 0.258. The van der Waals surface area contributed by atoms with E-state index in [-0.39, 0.29) is 0 Å². The number of aromatic amines is 1. The first-order chi connectivity index (χ1) is 12.2. The van der Waals surface area contributed by atoms with Gasteiger partial charge in [0.05, 0.1) is 12.2 Å². The minimum atomic E-state index is 0.415. The molecular weight excluding hydrogens is 312 g/mol. The number of likely N-dealkylation sites (tertiary alicyclic amines) is 1. The third-order valence-corrected chi connectivity index (χ3v) is 4.58. The van der Waals surface area contributed by atoms with Crippen molar-refractivity contribution in [1.29, 1.82) is 0 Å². The number of aromatic nitrogens is 2. The van der Waals surface area contributed by atoms with E-state index >= 15 is 0 Å². The summed E-state index contributed by atoms with van der Waals surface area (Å²) in [4.78, 5) is 7.19. The van der Waals surface area contributed by atoms with E-state index in [0.717, 1.165) is 37.7 Å². The molecular formula is C19H28N6. The molecule has 2 aromatic rings. The topological polar surface area (TPSA) is 68.3 Å². The fraction of sp³-hybridized carbons (Fsp3) is 0.474. The lowest BCUT2D eigenvalue weighted by Crippen LogP contribution is -2.44. The summed E-state index contributed by atoms with van der Waals surface area (Å²) < 4.78 is 0. The van der Waals surface area contributed by atoms with Crippen molar-refractivity contribution in [3.63, 3.8) is 0 Å². The number of guanidine groups is 1. The molecule has 6 nitrogen and oxygen atoms in total. The molecule has 134 valence electrons. The fourth-order valence-electron chi connectivity index (χ4n) is 3.29. The molecule has 3 rings (SSSR count). The molecule has 1 fully saturated rings. The Kier molecular flexibility index (Phi) is 6.06. The second kappa shape index (κ2) is 8.67. The van der Waals surface area contributed by atoms with E-state index in [4.69, 9.17) is 0 Å². The van der Waals surface area contributed by atoms with E-state index in [0.29, 0.717) is 18.6 Å². The van der Waals surface area contributed by atoms with Crippen LogP contribution in [0.3, 0.4) is 0 Å². The quantitative estimate of drug-likeness (QED) is 0.557. The highest BCUT2D eigenvalue weighted by molar-refractivity contribution is 5.80. The van der Waals surface area contributed by atoms with Crippen molar-refractivity contribution in [2.24, 2.45) is 4.99 Å². The zero-order chi connectivity index (χ0) is 17.5. The molecule has 2 atom stereocenters. The van der Waals surface area contributed by atoms with E-state index in [9.17, 15) is 0 Å². The Balaban J connectivity index is 1.56. The molecule has 1 aromatic heterocycles. The monoisotopic (exact) mass is 340 g/mol. The van der Waals surface area contributed by atoms with Gasteiger partial charge in [0.25, 0.3) is 0 Å². The van der Waals surface area contributed by atoms with Crippen LogP contribution in [0, 0.1) is 0 Å². The van der Waals surface area contributed by atoms with Gasteiger partial charge in [-0.3, -0.25) is 10.00 Å². The predicted molar refractivity (Wildman–Crippen MR) is 101 cm³/mol. The van der Waals surface area contributed by atoms with Crippen molar-refractivity contribution in [1.82, 2.24) is 25.7 Å². The highest BCUT2D eigenvalue weighted by atomic mass is 15.3. The Morgan fingerprint density at radius 3 is 2.88 bits per heavy atom. The van der Waals surface area contributed by atoms with Crippen molar-refractivity contribution in [3.8, 4) is 0 Å². The van der Waals surface area contributed by atoms with Crippen LogP contribution in [0.2, 0.25) is 0 Å². The first-order valence-electron chi connectivity index (χ1n) is 9.05. The molecule has 1 aliphatic rings. The first-order valence-corrected chi connectivity index (χ1v) is 9.05. The van der Waals surface area contributed by atoms with E-state index < -0.39 is 0 Å². The largest absolute Gasteiger partial charge is 0.357 e. The van der Waals surface area contributed by atoms with Gasteiger partial charge in [-0.25, -0.2) is 4.99 Å². The van der Waals surface area contributed by atoms with E-state index in [1.165, 1.54) is 5.56 Å². The Morgan fingerprint density at radius 1 is 1.32 bits per heavy atom. The van der Waals surface area contributed by atoms with Crippen LogP contribution < -0.4 is 10.6 Å². The molecule has 25 heavy (non-hydrogen) atoms. The Hall–Kier alpha value is -2.34. The van der Waals surface area contributed by atoms with Crippen LogP contribution in [0.15, 0.2) is 47.6 Å². The number of benzene rings is 1. The lowest BCUT2D eigenvalue weighted by atomic mass is 10.2. The Morgan fingerprint density at radius 2 is 2.16 bits per heavy atom. The molecule has 0 bridgehead atoms. The van der Waals surface area contributed by atoms with Crippen LogP contribution in [-0.4, -0.2) is 46.2 Å². The molecule has 0 radical (unpaired) electrons. The summed E-state index contributed by atoms with van der Waals surface area (Å²) in [5, 5.41) is 13.8. The smallest absolute Gasteiger partial charge is 0.191 e. The summed E-state index contributed by atoms with van der Waals surface area (Å²) in [7, 11) is 0. The number of rotatable bonds is 6. The average Bonchev–Trinajstić information content (AvgIpc) is 3.24. The molecule has 1 aromatic carbocycles. The van der Waals surface area contributed by atoms with E-state index in [1.807, 2.05) is 6.07 Å². The molecule has 1 saturated heterocycles. The number of nitrogens with zero attached hydrogens (tertiary/aromatic N) is 3. The Labute approximate surface area is 149 Å². The molecule has 0 aliphatic carbocycles. The molecule has 3 N–H and O–H groups in total. The maximum absolute atomic E-state index is 4.66. The zero-order valence-corrected chi connectivity index (χ0v) is 15.1. The van der Waals surface area contributed by atoms with Gasteiger partial charge in [0.1, 0.15) is 0 Å². The van der Waals surface area contributed by atoms with Gasteiger partial charge in [0.2, 0.25) is 0 Å². The van der Waals surface area contributed by atoms with Gasteiger partial charge in [0.15, 0.2) is 5.96 Å². The number of H-pyrrole nitrogens is 1. The van der Waals surface area contributed by atoms with Gasteiger partial charge >= 0.3 is 0 Å². The Bertz CT molecular complexity index is 652. The van der Waals surface area contributed by atoms with Crippen molar-refractivity contribution in [2.75, 3.05) is 13.1 Å². The third-order valence-electron chi connectivity index (χ3n) is 4.58. The second-order valence-corrected chi connectivity index (χ2v) is 6.62. The SMILES string of the molecule is CCNC(=NCc1ccn[nH]1)NC1CC(C)N(Cc2ccccc2)C1.